The first-order valence-corrected chi connectivity index (χ1v) is 5.25. The SMILES string of the molecule is CCC(SC)C(=O)Nc1ncn[nH]1. The van der Waals surface area contributed by atoms with Gasteiger partial charge in [0.25, 0.3) is 0 Å². The molecule has 72 valence electrons. The first kappa shape index (κ1) is 10.0. The van der Waals surface area contributed by atoms with Gasteiger partial charge in [-0.25, -0.2) is 5.10 Å². The molecule has 1 heterocycles. The van der Waals surface area contributed by atoms with E-state index in [9.17, 15) is 4.79 Å². The fourth-order valence-corrected chi connectivity index (χ4v) is 1.53. The monoisotopic (exact) mass is 200 g/mol. The van der Waals surface area contributed by atoms with Crippen LogP contribution in [-0.4, -0.2) is 32.6 Å². The second-order valence-corrected chi connectivity index (χ2v) is 3.50. The van der Waals surface area contributed by atoms with Crippen molar-refractivity contribution in [1.82, 2.24) is 15.2 Å². The van der Waals surface area contributed by atoms with E-state index >= 15 is 0 Å². The molecule has 1 atom stereocenters. The summed E-state index contributed by atoms with van der Waals surface area (Å²) in [6.45, 7) is 1.97. The Kier molecular flexibility index (Phi) is 3.75. The van der Waals surface area contributed by atoms with Crippen molar-refractivity contribution in [3.05, 3.63) is 6.33 Å². The van der Waals surface area contributed by atoms with Crippen LogP contribution >= 0.6 is 11.8 Å². The number of hydrogen-bond donors (Lipinski definition) is 2. The van der Waals surface area contributed by atoms with Crippen molar-refractivity contribution in [2.45, 2.75) is 18.6 Å². The van der Waals surface area contributed by atoms with E-state index in [4.69, 9.17) is 0 Å². The number of amides is 1. The number of rotatable bonds is 4. The zero-order valence-electron chi connectivity index (χ0n) is 7.57. The Morgan fingerprint density at radius 3 is 3.08 bits per heavy atom. The second kappa shape index (κ2) is 4.86. The number of thioether (sulfide) groups is 1. The number of aromatic amines is 1. The Hall–Kier alpha value is -1.04. The van der Waals surface area contributed by atoms with E-state index in [2.05, 4.69) is 20.5 Å². The van der Waals surface area contributed by atoms with E-state index in [1.165, 1.54) is 18.1 Å². The molecular weight excluding hydrogens is 188 g/mol. The minimum atomic E-state index is -0.0354. The van der Waals surface area contributed by atoms with Crippen LogP contribution in [0.5, 0.6) is 0 Å². The van der Waals surface area contributed by atoms with E-state index in [1.807, 2.05) is 13.2 Å². The number of anilines is 1. The Bertz CT molecular complexity index is 257. The van der Waals surface area contributed by atoms with Crippen molar-refractivity contribution < 1.29 is 4.79 Å². The van der Waals surface area contributed by atoms with Crippen LogP contribution in [0.3, 0.4) is 0 Å². The molecule has 1 aromatic heterocycles. The van der Waals surface area contributed by atoms with Gasteiger partial charge in [0.1, 0.15) is 6.33 Å². The van der Waals surface area contributed by atoms with Crippen LogP contribution < -0.4 is 5.32 Å². The van der Waals surface area contributed by atoms with Gasteiger partial charge in [0.2, 0.25) is 11.9 Å². The van der Waals surface area contributed by atoms with Gasteiger partial charge in [-0.15, -0.1) is 0 Å². The van der Waals surface area contributed by atoms with Gasteiger partial charge in [0.05, 0.1) is 5.25 Å². The van der Waals surface area contributed by atoms with Gasteiger partial charge in [-0.3, -0.25) is 10.1 Å². The van der Waals surface area contributed by atoms with E-state index in [0.717, 1.165) is 6.42 Å². The standard InChI is InChI=1S/C7H12N4OS/c1-3-5(13-2)6(12)10-7-8-4-9-11-7/h4-5H,3H2,1-2H3,(H2,8,9,10,11,12). The third-order valence-corrected chi connectivity index (χ3v) is 2.72. The van der Waals surface area contributed by atoms with Gasteiger partial charge in [-0.05, 0) is 12.7 Å². The van der Waals surface area contributed by atoms with E-state index < -0.39 is 0 Å². The summed E-state index contributed by atoms with van der Waals surface area (Å²) < 4.78 is 0. The lowest BCUT2D eigenvalue weighted by Crippen LogP contribution is -2.24. The lowest BCUT2D eigenvalue weighted by atomic mass is 10.3. The van der Waals surface area contributed by atoms with Crippen molar-refractivity contribution in [2.24, 2.45) is 0 Å². The summed E-state index contributed by atoms with van der Waals surface area (Å²) in [5.74, 6) is 0.365. The third-order valence-electron chi connectivity index (χ3n) is 1.60. The summed E-state index contributed by atoms with van der Waals surface area (Å²) in [4.78, 5) is 15.3. The summed E-state index contributed by atoms with van der Waals surface area (Å²) in [6.07, 6.45) is 4.07. The van der Waals surface area contributed by atoms with Gasteiger partial charge in [0.15, 0.2) is 0 Å². The topological polar surface area (TPSA) is 70.7 Å². The summed E-state index contributed by atoms with van der Waals surface area (Å²) >= 11 is 1.53. The molecule has 6 heteroatoms. The van der Waals surface area contributed by atoms with E-state index in [0.29, 0.717) is 5.95 Å². The van der Waals surface area contributed by atoms with Crippen LogP contribution in [0.25, 0.3) is 0 Å². The number of carbonyl (C=O) groups excluding carboxylic acids is 1. The first-order valence-electron chi connectivity index (χ1n) is 3.97. The predicted molar refractivity (Wildman–Crippen MR) is 52.6 cm³/mol. The zero-order valence-corrected chi connectivity index (χ0v) is 8.39. The average molecular weight is 200 g/mol. The molecule has 0 fully saturated rings. The molecule has 1 aromatic rings. The Balaban J connectivity index is 2.49. The van der Waals surface area contributed by atoms with Gasteiger partial charge >= 0.3 is 0 Å². The molecule has 0 aliphatic heterocycles. The highest BCUT2D eigenvalue weighted by molar-refractivity contribution is 7.99. The molecule has 0 aliphatic carbocycles. The number of carbonyl (C=O) groups is 1. The van der Waals surface area contributed by atoms with Crippen LogP contribution in [0.1, 0.15) is 13.3 Å². The van der Waals surface area contributed by atoms with Gasteiger partial charge in [0, 0.05) is 0 Å². The molecule has 5 nitrogen and oxygen atoms in total. The number of nitrogens with one attached hydrogen (secondary N) is 2. The molecule has 1 unspecified atom stereocenters. The van der Waals surface area contributed by atoms with Crippen molar-refractivity contribution in [3.8, 4) is 0 Å². The molecule has 1 rings (SSSR count). The highest BCUT2D eigenvalue weighted by Crippen LogP contribution is 2.11. The van der Waals surface area contributed by atoms with Crippen molar-refractivity contribution in [2.75, 3.05) is 11.6 Å². The van der Waals surface area contributed by atoms with Crippen LogP contribution in [0, 0.1) is 0 Å². The molecule has 0 saturated carbocycles. The quantitative estimate of drug-likeness (QED) is 0.757. The van der Waals surface area contributed by atoms with Crippen molar-refractivity contribution in [3.63, 3.8) is 0 Å². The summed E-state index contributed by atoms with van der Waals surface area (Å²) in [6, 6.07) is 0. The molecule has 0 aromatic carbocycles. The third kappa shape index (κ3) is 2.73. The predicted octanol–water partition coefficient (Wildman–Crippen LogP) is 0.885. The largest absolute Gasteiger partial charge is 0.294 e. The van der Waals surface area contributed by atoms with E-state index in [-0.39, 0.29) is 11.2 Å². The van der Waals surface area contributed by atoms with Crippen LogP contribution in [0.4, 0.5) is 5.95 Å². The summed E-state index contributed by atoms with van der Waals surface area (Å²) in [5, 5.41) is 8.81. The van der Waals surface area contributed by atoms with Crippen molar-refractivity contribution >= 4 is 23.6 Å². The highest BCUT2D eigenvalue weighted by atomic mass is 32.2. The number of H-pyrrole nitrogens is 1. The maximum atomic E-state index is 11.5. The van der Waals surface area contributed by atoms with Crippen LogP contribution in [-0.2, 0) is 4.79 Å². The van der Waals surface area contributed by atoms with Crippen molar-refractivity contribution in [1.29, 1.82) is 0 Å². The van der Waals surface area contributed by atoms with Gasteiger partial charge in [-0.2, -0.15) is 21.8 Å². The number of aromatic nitrogens is 3. The van der Waals surface area contributed by atoms with Crippen LogP contribution in [0.15, 0.2) is 6.33 Å². The smallest absolute Gasteiger partial charge is 0.239 e. The first-order chi connectivity index (χ1) is 6.27. The molecule has 0 radical (unpaired) electrons. The fourth-order valence-electron chi connectivity index (χ4n) is 0.922. The second-order valence-electron chi connectivity index (χ2n) is 2.46. The molecule has 2 N–H and O–H groups in total. The maximum Gasteiger partial charge on any atom is 0.239 e. The number of nitrogens with zero attached hydrogens (tertiary/aromatic N) is 2. The average Bonchev–Trinajstić information content (AvgIpc) is 2.59. The minimum absolute atomic E-state index is 0.0231. The maximum absolute atomic E-state index is 11.5. The molecule has 0 aliphatic rings. The summed E-state index contributed by atoms with van der Waals surface area (Å²) in [7, 11) is 0. The molecule has 0 spiro atoms. The molecule has 0 bridgehead atoms. The zero-order chi connectivity index (χ0) is 9.68. The highest BCUT2D eigenvalue weighted by Gasteiger charge is 2.15. The van der Waals surface area contributed by atoms with Crippen LogP contribution in [0.2, 0.25) is 0 Å². The normalized spacial score (nSPS) is 12.5. The molecule has 13 heavy (non-hydrogen) atoms. The lowest BCUT2D eigenvalue weighted by Gasteiger charge is -2.09. The Labute approximate surface area is 80.7 Å². The Morgan fingerprint density at radius 1 is 1.85 bits per heavy atom. The summed E-state index contributed by atoms with van der Waals surface area (Å²) in [5.41, 5.74) is 0. The van der Waals surface area contributed by atoms with Gasteiger partial charge < -0.3 is 0 Å². The lowest BCUT2D eigenvalue weighted by molar-refractivity contribution is -0.115. The molecule has 0 saturated heterocycles. The minimum Gasteiger partial charge on any atom is -0.294 e. The Morgan fingerprint density at radius 2 is 2.62 bits per heavy atom. The molecule has 1 amide bonds. The fraction of sp³-hybridized carbons (Fsp3) is 0.571. The molecular formula is C7H12N4OS. The van der Waals surface area contributed by atoms with E-state index in [1.54, 1.807) is 0 Å². The van der Waals surface area contributed by atoms with Gasteiger partial charge in [-0.1, -0.05) is 6.92 Å². The number of hydrogen-bond acceptors (Lipinski definition) is 4.